The van der Waals surface area contributed by atoms with Crippen LogP contribution in [0.3, 0.4) is 0 Å². The van der Waals surface area contributed by atoms with Crippen LogP contribution >= 0.6 is 0 Å². The number of benzene rings is 2. The second kappa shape index (κ2) is 7.08. The lowest BCUT2D eigenvalue weighted by molar-refractivity contribution is 0.00578. The van der Waals surface area contributed by atoms with E-state index in [1.807, 2.05) is 6.07 Å². The van der Waals surface area contributed by atoms with E-state index >= 15 is 0 Å². The molecular formula is C23H29BO3. The zero-order valence-corrected chi connectivity index (χ0v) is 16.7. The van der Waals surface area contributed by atoms with Gasteiger partial charge in [0, 0.05) is 5.82 Å². The Labute approximate surface area is 163 Å². The third kappa shape index (κ3) is 3.71. The van der Waals surface area contributed by atoms with Gasteiger partial charge in [0.25, 0.3) is 0 Å². The van der Waals surface area contributed by atoms with E-state index in [2.05, 4.69) is 82.3 Å². The summed E-state index contributed by atoms with van der Waals surface area (Å²) in [6, 6.07) is 21.0. The molecule has 3 nitrogen and oxygen atoms in total. The van der Waals surface area contributed by atoms with Gasteiger partial charge in [0.1, 0.15) is 0 Å². The molecule has 4 rings (SSSR count). The minimum atomic E-state index is -0.295. The monoisotopic (exact) mass is 364 g/mol. The fourth-order valence-corrected chi connectivity index (χ4v) is 4.06. The Morgan fingerprint density at radius 1 is 0.852 bits per heavy atom. The summed E-state index contributed by atoms with van der Waals surface area (Å²) in [6.07, 6.45) is 0. The molecule has 0 N–H and O–H groups in total. The molecule has 3 atom stereocenters. The first-order chi connectivity index (χ1) is 12.9. The molecule has 0 radical (unpaired) electrons. The van der Waals surface area contributed by atoms with E-state index in [0.29, 0.717) is 24.3 Å². The number of hydrogen-bond acceptors (Lipinski definition) is 3. The average molecular weight is 364 g/mol. The van der Waals surface area contributed by atoms with E-state index in [4.69, 9.17) is 14.0 Å². The average Bonchev–Trinajstić information content (AvgIpc) is 3.31. The number of ether oxygens (including phenoxy) is 1. The molecule has 2 aromatic rings. The summed E-state index contributed by atoms with van der Waals surface area (Å²) in [5.41, 5.74) is 1.97. The van der Waals surface area contributed by atoms with Crippen molar-refractivity contribution < 1.29 is 14.0 Å². The van der Waals surface area contributed by atoms with E-state index in [9.17, 15) is 0 Å². The van der Waals surface area contributed by atoms with Crippen molar-refractivity contribution in [3.8, 4) is 0 Å². The van der Waals surface area contributed by atoms with Crippen molar-refractivity contribution in [1.82, 2.24) is 0 Å². The molecule has 0 unspecified atom stereocenters. The zero-order chi connectivity index (χ0) is 19.1. The van der Waals surface area contributed by atoms with Crippen LogP contribution in [0.15, 0.2) is 60.7 Å². The highest BCUT2D eigenvalue weighted by atomic mass is 16.7. The van der Waals surface area contributed by atoms with Crippen LogP contribution in [0.4, 0.5) is 0 Å². The standard InChI is InChI=1S/C23H29BO3/c1-22(2)23(3,4)27-24(26-22)21-19(20(21)18-13-9-6-10-14-18)16-25-15-17-11-7-5-8-12-17/h5-14,19-21H,15-16H2,1-4H3/t19-,20-,21-/m1/s1. The molecule has 0 spiro atoms. The molecule has 0 bridgehead atoms. The second-order valence-electron chi connectivity index (χ2n) is 8.80. The third-order valence-corrected chi connectivity index (χ3v) is 6.42. The van der Waals surface area contributed by atoms with Crippen LogP contribution in [0.2, 0.25) is 5.82 Å². The smallest absolute Gasteiger partial charge is 0.403 e. The fourth-order valence-electron chi connectivity index (χ4n) is 4.06. The molecule has 1 saturated carbocycles. The van der Waals surface area contributed by atoms with Crippen LogP contribution in [-0.4, -0.2) is 24.9 Å². The van der Waals surface area contributed by atoms with Crippen molar-refractivity contribution in [2.45, 2.75) is 57.2 Å². The van der Waals surface area contributed by atoms with Crippen molar-refractivity contribution in [1.29, 1.82) is 0 Å². The SMILES string of the molecule is CC1(C)OB([C@@H]2[C@H](COCc3ccccc3)[C@H]2c2ccccc2)OC1(C)C. The maximum atomic E-state index is 6.36. The lowest BCUT2D eigenvalue weighted by Crippen LogP contribution is -2.41. The highest BCUT2D eigenvalue weighted by Gasteiger charge is 2.65. The molecule has 2 aliphatic rings. The molecule has 1 aliphatic heterocycles. The molecule has 4 heteroatoms. The Kier molecular flexibility index (Phi) is 4.92. The molecular weight excluding hydrogens is 335 g/mol. The van der Waals surface area contributed by atoms with Gasteiger partial charge >= 0.3 is 7.12 Å². The van der Waals surface area contributed by atoms with Crippen LogP contribution in [0.1, 0.15) is 44.7 Å². The summed E-state index contributed by atoms with van der Waals surface area (Å²) in [6.45, 7) is 9.85. The van der Waals surface area contributed by atoms with Gasteiger partial charge in [-0.1, -0.05) is 60.7 Å². The van der Waals surface area contributed by atoms with Crippen LogP contribution in [0.25, 0.3) is 0 Å². The van der Waals surface area contributed by atoms with Gasteiger partial charge in [0.15, 0.2) is 0 Å². The molecule has 142 valence electrons. The number of hydrogen-bond donors (Lipinski definition) is 0. The largest absolute Gasteiger partial charge is 0.462 e. The maximum absolute atomic E-state index is 6.36. The lowest BCUT2D eigenvalue weighted by atomic mass is 9.79. The molecule has 1 saturated heterocycles. The Morgan fingerprint density at radius 2 is 1.41 bits per heavy atom. The molecule has 2 aromatic carbocycles. The molecule has 27 heavy (non-hydrogen) atoms. The summed E-state index contributed by atoms with van der Waals surface area (Å²) in [4.78, 5) is 0. The zero-order valence-electron chi connectivity index (χ0n) is 16.7. The van der Waals surface area contributed by atoms with Crippen molar-refractivity contribution in [3.05, 3.63) is 71.8 Å². The third-order valence-electron chi connectivity index (χ3n) is 6.42. The Morgan fingerprint density at radius 3 is 2.00 bits per heavy atom. The van der Waals surface area contributed by atoms with E-state index in [0.717, 1.165) is 6.61 Å². The van der Waals surface area contributed by atoms with Crippen LogP contribution in [0, 0.1) is 5.92 Å². The number of rotatable bonds is 6. The van der Waals surface area contributed by atoms with Gasteiger partial charge in [-0.05, 0) is 50.7 Å². The van der Waals surface area contributed by atoms with Gasteiger partial charge in [-0.15, -0.1) is 0 Å². The molecule has 0 amide bonds. The van der Waals surface area contributed by atoms with Crippen LogP contribution < -0.4 is 0 Å². The van der Waals surface area contributed by atoms with E-state index < -0.39 is 0 Å². The topological polar surface area (TPSA) is 27.7 Å². The summed E-state index contributed by atoms with van der Waals surface area (Å²) in [5, 5.41) is 0. The van der Waals surface area contributed by atoms with Gasteiger partial charge in [0.05, 0.1) is 24.4 Å². The fraction of sp³-hybridized carbons (Fsp3) is 0.478. The quantitative estimate of drug-likeness (QED) is 0.669. The van der Waals surface area contributed by atoms with Gasteiger partial charge in [-0.3, -0.25) is 0 Å². The minimum Gasteiger partial charge on any atom is -0.403 e. The minimum absolute atomic E-state index is 0.175. The first-order valence-corrected chi connectivity index (χ1v) is 9.91. The maximum Gasteiger partial charge on any atom is 0.462 e. The molecule has 1 heterocycles. The van der Waals surface area contributed by atoms with Crippen molar-refractivity contribution in [2.24, 2.45) is 5.92 Å². The van der Waals surface area contributed by atoms with E-state index in [1.54, 1.807) is 0 Å². The predicted molar refractivity (Wildman–Crippen MR) is 109 cm³/mol. The summed E-state index contributed by atoms with van der Waals surface area (Å²) in [7, 11) is -0.175. The predicted octanol–water partition coefficient (Wildman–Crippen LogP) is 5.08. The first kappa shape index (κ1) is 18.7. The van der Waals surface area contributed by atoms with E-state index in [-0.39, 0.29) is 18.3 Å². The van der Waals surface area contributed by atoms with Gasteiger partial charge < -0.3 is 14.0 Å². The first-order valence-electron chi connectivity index (χ1n) is 9.91. The molecule has 0 aromatic heterocycles. The lowest BCUT2D eigenvalue weighted by Gasteiger charge is -2.32. The normalized spacial score (nSPS) is 28.3. The van der Waals surface area contributed by atoms with Gasteiger partial charge in [0.2, 0.25) is 0 Å². The van der Waals surface area contributed by atoms with Crippen molar-refractivity contribution in [3.63, 3.8) is 0 Å². The Balaban J connectivity index is 1.45. The second-order valence-corrected chi connectivity index (χ2v) is 8.80. The van der Waals surface area contributed by atoms with Crippen LogP contribution in [-0.2, 0) is 20.7 Å². The highest BCUT2D eigenvalue weighted by Crippen LogP contribution is 2.63. The molecule has 1 aliphatic carbocycles. The van der Waals surface area contributed by atoms with Crippen LogP contribution in [0.5, 0.6) is 0 Å². The Hall–Kier alpha value is -1.62. The summed E-state index contributed by atoms with van der Waals surface area (Å²) < 4.78 is 18.8. The molecule has 2 fully saturated rings. The van der Waals surface area contributed by atoms with Gasteiger partial charge in [-0.25, -0.2) is 0 Å². The van der Waals surface area contributed by atoms with Crippen molar-refractivity contribution >= 4 is 7.12 Å². The van der Waals surface area contributed by atoms with Crippen molar-refractivity contribution in [2.75, 3.05) is 6.61 Å². The Bertz CT molecular complexity index is 744. The van der Waals surface area contributed by atoms with E-state index in [1.165, 1.54) is 11.1 Å². The highest BCUT2D eigenvalue weighted by molar-refractivity contribution is 6.49. The van der Waals surface area contributed by atoms with Gasteiger partial charge in [-0.2, -0.15) is 0 Å². The summed E-state index contributed by atoms with van der Waals surface area (Å²) in [5.74, 6) is 1.19. The summed E-state index contributed by atoms with van der Waals surface area (Å²) >= 11 is 0.